The van der Waals surface area contributed by atoms with E-state index in [-0.39, 0.29) is 37.6 Å². The van der Waals surface area contributed by atoms with E-state index in [1.807, 2.05) is 30.3 Å². The number of carboxylic acids is 1. The number of halogens is 2. The molecule has 1 aliphatic carbocycles. The molecule has 7 nitrogen and oxygen atoms in total. The van der Waals surface area contributed by atoms with Crippen LogP contribution in [0.15, 0.2) is 91.0 Å². The van der Waals surface area contributed by atoms with E-state index in [0.29, 0.717) is 16.3 Å². The Labute approximate surface area is 247 Å². The molecule has 0 aliphatic heterocycles. The molecule has 2 amide bonds. The lowest BCUT2D eigenvalue weighted by Crippen LogP contribution is -2.60. The minimum atomic E-state index is -1.33. The number of carbonyl (C=O) groups is 3. The van der Waals surface area contributed by atoms with E-state index in [1.165, 1.54) is 12.1 Å². The van der Waals surface area contributed by atoms with Crippen LogP contribution in [0.3, 0.4) is 0 Å². The van der Waals surface area contributed by atoms with Gasteiger partial charge in [0.1, 0.15) is 30.3 Å². The third kappa shape index (κ3) is 6.95. The minimum absolute atomic E-state index is 0.0125. The number of nitrogens with one attached hydrogen (secondary N) is 2. The highest BCUT2D eigenvalue weighted by molar-refractivity contribution is 6.30. The second kappa shape index (κ2) is 12.4. The topological polar surface area (TPSA) is 105 Å². The molecule has 0 saturated carbocycles. The summed E-state index contributed by atoms with van der Waals surface area (Å²) in [7, 11) is 0. The van der Waals surface area contributed by atoms with Crippen LogP contribution in [-0.4, -0.2) is 35.0 Å². The molecule has 4 aromatic rings. The fourth-order valence-electron chi connectivity index (χ4n) is 5.08. The summed E-state index contributed by atoms with van der Waals surface area (Å²) in [5, 5.41) is 15.1. The summed E-state index contributed by atoms with van der Waals surface area (Å²) in [6.45, 7) is -0.281. The number of ether oxygens (including phenoxy) is 1. The van der Waals surface area contributed by atoms with E-state index >= 15 is 0 Å². The molecule has 0 aromatic heterocycles. The van der Waals surface area contributed by atoms with Crippen molar-refractivity contribution in [1.82, 2.24) is 10.6 Å². The number of hydrogen-bond donors (Lipinski definition) is 3. The number of fused-ring (bicyclic) bond motifs is 1. The SMILES string of the molecule is O=C(O)CNC(=O)C1(NC(=O)Cc2ccc(OCc3ccc(F)cc3)cc2)Cc2ccc(-c3ccc(Cl)cc3)cc2C1. The summed E-state index contributed by atoms with van der Waals surface area (Å²) in [6, 6.07) is 26.3. The lowest BCUT2D eigenvalue weighted by molar-refractivity contribution is -0.139. The summed E-state index contributed by atoms with van der Waals surface area (Å²) in [5.41, 5.74) is 3.92. The van der Waals surface area contributed by atoms with Gasteiger partial charge in [0.2, 0.25) is 11.8 Å². The first kappa shape index (κ1) is 28.8. The Hall–Kier alpha value is -4.69. The van der Waals surface area contributed by atoms with Crippen LogP contribution in [0.4, 0.5) is 4.39 Å². The number of rotatable bonds is 10. The molecule has 1 atom stereocenters. The van der Waals surface area contributed by atoms with Crippen molar-refractivity contribution in [3.05, 3.63) is 124 Å². The number of carbonyl (C=O) groups excluding carboxylic acids is 2. The molecule has 0 fully saturated rings. The third-order valence-electron chi connectivity index (χ3n) is 7.19. The van der Waals surface area contributed by atoms with Gasteiger partial charge >= 0.3 is 5.97 Å². The Morgan fingerprint density at radius 3 is 2.17 bits per heavy atom. The Kier molecular flexibility index (Phi) is 8.54. The number of aliphatic carboxylic acids is 1. The molecular formula is C33H28ClFN2O5. The molecular weight excluding hydrogens is 559 g/mol. The molecule has 214 valence electrons. The van der Waals surface area contributed by atoms with E-state index in [4.69, 9.17) is 21.4 Å². The van der Waals surface area contributed by atoms with Crippen LogP contribution in [-0.2, 0) is 40.3 Å². The Balaban J connectivity index is 1.28. The molecule has 3 N–H and O–H groups in total. The van der Waals surface area contributed by atoms with Crippen LogP contribution >= 0.6 is 11.6 Å². The van der Waals surface area contributed by atoms with Crippen molar-refractivity contribution >= 4 is 29.4 Å². The van der Waals surface area contributed by atoms with E-state index in [2.05, 4.69) is 10.6 Å². The first-order valence-electron chi connectivity index (χ1n) is 13.3. The summed E-state index contributed by atoms with van der Waals surface area (Å²) in [6.07, 6.45) is 0.465. The normalized spacial score (nSPS) is 15.5. The van der Waals surface area contributed by atoms with Crippen LogP contribution in [0.5, 0.6) is 5.75 Å². The van der Waals surface area contributed by atoms with Crippen molar-refractivity contribution in [1.29, 1.82) is 0 Å². The molecule has 4 aromatic carbocycles. The highest BCUT2D eigenvalue weighted by atomic mass is 35.5. The zero-order valence-electron chi connectivity index (χ0n) is 22.5. The molecule has 0 spiro atoms. The average molecular weight is 587 g/mol. The maximum absolute atomic E-state index is 13.3. The molecule has 1 unspecified atom stereocenters. The molecule has 0 radical (unpaired) electrons. The monoisotopic (exact) mass is 586 g/mol. The number of benzene rings is 4. The maximum Gasteiger partial charge on any atom is 0.322 e. The number of amides is 2. The lowest BCUT2D eigenvalue weighted by Gasteiger charge is -2.29. The van der Waals surface area contributed by atoms with Crippen molar-refractivity contribution in [2.24, 2.45) is 0 Å². The van der Waals surface area contributed by atoms with Crippen LogP contribution in [0, 0.1) is 5.82 Å². The molecule has 9 heteroatoms. The van der Waals surface area contributed by atoms with Crippen molar-refractivity contribution in [3.8, 4) is 16.9 Å². The van der Waals surface area contributed by atoms with Crippen molar-refractivity contribution < 1.29 is 28.6 Å². The Morgan fingerprint density at radius 2 is 1.48 bits per heavy atom. The van der Waals surface area contributed by atoms with E-state index in [1.54, 1.807) is 48.5 Å². The van der Waals surface area contributed by atoms with Gasteiger partial charge in [0.15, 0.2) is 0 Å². The summed E-state index contributed by atoms with van der Waals surface area (Å²) < 4.78 is 18.8. The van der Waals surface area contributed by atoms with Crippen LogP contribution in [0.25, 0.3) is 11.1 Å². The summed E-state index contributed by atoms with van der Waals surface area (Å²) in [5.74, 6) is -1.81. The molecule has 42 heavy (non-hydrogen) atoms. The highest BCUT2D eigenvalue weighted by Crippen LogP contribution is 2.34. The van der Waals surface area contributed by atoms with Crippen molar-refractivity contribution in [2.75, 3.05) is 6.54 Å². The van der Waals surface area contributed by atoms with Gasteiger partial charge < -0.3 is 20.5 Å². The molecule has 0 bridgehead atoms. The van der Waals surface area contributed by atoms with Gasteiger partial charge in [-0.25, -0.2) is 4.39 Å². The second-order valence-electron chi connectivity index (χ2n) is 10.3. The first-order chi connectivity index (χ1) is 20.2. The zero-order chi connectivity index (χ0) is 29.7. The van der Waals surface area contributed by atoms with Gasteiger partial charge in [-0.15, -0.1) is 0 Å². The molecule has 0 saturated heterocycles. The predicted octanol–water partition coefficient (Wildman–Crippen LogP) is 5.12. The first-order valence-corrected chi connectivity index (χ1v) is 13.7. The van der Waals surface area contributed by atoms with Gasteiger partial charge in [-0.2, -0.15) is 0 Å². The van der Waals surface area contributed by atoms with Crippen LogP contribution < -0.4 is 15.4 Å². The Bertz CT molecular complexity index is 1610. The standard InChI is InChI=1S/C33H28ClFN2O5/c34-27-9-7-23(8-10-27)24-5-6-25-17-33(18-26(25)16-24,32(41)36-19-31(39)40)37-30(38)15-21-3-13-29(14-4-21)42-20-22-1-11-28(35)12-2-22/h1-14,16H,15,17-20H2,(H,36,41)(H,37,38)(H,39,40). The Morgan fingerprint density at radius 1 is 0.833 bits per heavy atom. The predicted molar refractivity (Wildman–Crippen MR) is 157 cm³/mol. The largest absolute Gasteiger partial charge is 0.489 e. The van der Waals surface area contributed by atoms with E-state index in [9.17, 15) is 18.8 Å². The smallest absolute Gasteiger partial charge is 0.322 e. The fourth-order valence-corrected chi connectivity index (χ4v) is 5.20. The van der Waals surface area contributed by atoms with Crippen LogP contribution in [0.1, 0.15) is 22.3 Å². The third-order valence-corrected chi connectivity index (χ3v) is 7.44. The average Bonchev–Trinajstić information content (AvgIpc) is 3.35. The maximum atomic E-state index is 13.3. The van der Waals surface area contributed by atoms with E-state index < -0.39 is 24.0 Å². The quantitative estimate of drug-likeness (QED) is 0.239. The van der Waals surface area contributed by atoms with Gasteiger partial charge in [0.25, 0.3) is 0 Å². The molecule has 1 aliphatic rings. The van der Waals surface area contributed by atoms with E-state index in [0.717, 1.165) is 27.8 Å². The van der Waals surface area contributed by atoms with Gasteiger partial charge in [-0.1, -0.05) is 66.2 Å². The summed E-state index contributed by atoms with van der Waals surface area (Å²) in [4.78, 5) is 37.7. The minimum Gasteiger partial charge on any atom is -0.489 e. The van der Waals surface area contributed by atoms with Crippen LogP contribution in [0.2, 0.25) is 5.02 Å². The van der Waals surface area contributed by atoms with Gasteiger partial charge in [-0.3, -0.25) is 14.4 Å². The number of hydrogen-bond acceptors (Lipinski definition) is 4. The number of carboxylic acid groups (broad SMARTS) is 1. The van der Waals surface area contributed by atoms with Crippen molar-refractivity contribution in [2.45, 2.75) is 31.4 Å². The van der Waals surface area contributed by atoms with Crippen molar-refractivity contribution in [3.63, 3.8) is 0 Å². The van der Waals surface area contributed by atoms with Gasteiger partial charge in [0, 0.05) is 17.9 Å². The molecule has 5 rings (SSSR count). The fraction of sp³-hybridized carbons (Fsp3) is 0.182. The lowest BCUT2D eigenvalue weighted by atomic mass is 9.93. The second-order valence-corrected chi connectivity index (χ2v) is 10.7. The zero-order valence-corrected chi connectivity index (χ0v) is 23.3. The van der Waals surface area contributed by atoms with Gasteiger partial charge in [0.05, 0.1) is 6.42 Å². The highest BCUT2D eigenvalue weighted by Gasteiger charge is 2.45. The van der Waals surface area contributed by atoms with Gasteiger partial charge in [-0.05, 0) is 69.8 Å². The molecule has 0 heterocycles. The summed E-state index contributed by atoms with van der Waals surface area (Å²) >= 11 is 6.03.